The van der Waals surface area contributed by atoms with Crippen molar-refractivity contribution in [3.8, 4) is 0 Å². The molecule has 0 aromatic carbocycles. The van der Waals surface area contributed by atoms with E-state index in [4.69, 9.17) is 9.47 Å². The molecule has 0 aromatic heterocycles. The largest absolute Gasteiger partial charge is 0.356 e. The maximum absolute atomic E-state index is 12.5. The van der Waals surface area contributed by atoms with Crippen LogP contribution >= 0.6 is 0 Å². The second-order valence-corrected chi connectivity index (χ2v) is 11.2. The monoisotopic (exact) mass is 510 g/mol. The van der Waals surface area contributed by atoms with E-state index in [-0.39, 0.29) is 12.2 Å². The van der Waals surface area contributed by atoms with Gasteiger partial charge in [-0.25, -0.2) is 0 Å². The van der Waals surface area contributed by atoms with Gasteiger partial charge in [0.05, 0.1) is 0 Å². The molecule has 0 aliphatic heterocycles. The summed E-state index contributed by atoms with van der Waals surface area (Å²) in [7, 11) is 3.43. The molecule has 1 rings (SSSR count). The van der Waals surface area contributed by atoms with Crippen molar-refractivity contribution in [1.29, 1.82) is 0 Å². The maximum Gasteiger partial charge on any atom is 0.220 e. The Hall–Kier alpha value is -0.650. The van der Waals surface area contributed by atoms with Crippen LogP contribution in [0.1, 0.15) is 142 Å². The minimum atomic E-state index is -0.0775. The Balaban J connectivity index is 2.17. The van der Waals surface area contributed by atoms with Crippen LogP contribution in [0.15, 0.2) is 0 Å². The van der Waals surface area contributed by atoms with Gasteiger partial charge in [0, 0.05) is 33.2 Å². The lowest BCUT2D eigenvalue weighted by molar-refractivity contribution is -0.121. The van der Waals surface area contributed by atoms with E-state index in [9.17, 15) is 4.79 Å². The SMILES string of the molecule is CCCCCCCCC(CCCCCC)CNC(=O)CCCCCN(CCCC(OC)OC)C1CC1. The number of nitrogens with one attached hydrogen (secondary N) is 1. The van der Waals surface area contributed by atoms with Gasteiger partial charge in [0.2, 0.25) is 5.91 Å². The number of amides is 1. The summed E-state index contributed by atoms with van der Waals surface area (Å²) >= 11 is 0. The summed E-state index contributed by atoms with van der Waals surface area (Å²) in [6.45, 7) is 7.74. The molecule has 0 radical (unpaired) electrons. The van der Waals surface area contributed by atoms with E-state index in [1.807, 2.05) is 0 Å². The van der Waals surface area contributed by atoms with Crippen LogP contribution in [-0.2, 0) is 14.3 Å². The van der Waals surface area contributed by atoms with Crippen LogP contribution in [0.3, 0.4) is 0 Å². The van der Waals surface area contributed by atoms with Gasteiger partial charge >= 0.3 is 0 Å². The van der Waals surface area contributed by atoms with Crippen molar-refractivity contribution in [1.82, 2.24) is 10.2 Å². The number of hydrogen-bond donors (Lipinski definition) is 1. The highest BCUT2D eigenvalue weighted by Gasteiger charge is 2.28. The molecular weight excluding hydrogens is 448 g/mol. The zero-order valence-corrected chi connectivity index (χ0v) is 24.7. The lowest BCUT2D eigenvalue weighted by Crippen LogP contribution is -2.30. The molecule has 0 aromatic rings. The maximum atomic E-state index is 12.5. The van der Waals surface area contributed by atoms with Crippen LogP contribution in [-0.4, -0.2) is 57.0 Å². The summed E-state index contributed by atoms with van der Waals surface area (Å²) in [5.41, 5.74) is 0. The molecule has 214 valence electrons. The number of rotatable bonds is 27. The molecule has 1 saturated carbocycles. The van der Waals surface area contributed by atoms with Gasteiger partial charge in [-0.2, -0.15) is 0 Å². The Labute approximate surface area is 224 Å². The van der Waals surface area contributed by atoms with Gasteiger partial charge in [-0.05, 0) is 70.4 Å². The van der Waals surface area contributed by atoms with Crippen LogP contribution < -0.4 is 5.32 Å². The van der Waals surface area contributed by atoms with Crippen molar-refractivity contribution in [3.05, 3.63) is 0 Å². The van der Waals surface area contributed by atoms with Crippen molar-refractivity contribution < 1.29 is 14.3 Å². The van der Waals surface area contributed by atoms with Gasteiger partial charge in [0.25, 0.3) is 0 Å². The van der Waals surface area contributed by atoms with Gasteiger partial charge in [-0.15, -0.1) is 0 Å². The highest BCUT2D eigenvalue weighted by Crippen LogP contribution is 2.27. The molecule has 1 amide bonds. The van der Waals surface area contributed by atoms with E-state index in [0.29, 0.717) is 12.3 Å². The molecule has 1 aliphatic rings. The molecule has 1 fully saturated rings. The predicted molar refractivity (Wildman–Crippen MR) is 153 cm³/mol. The van der Waals surface area contributed by atoms with Crippen LogP contribution in [0.25, 0.3) is 0 Å². The first-order valence-corrected chi connectivity index (χ1v) is 15.7. The minimum Gasteiger partial charge on any atom is -0.356 e. The molecular formula is C31H62N2O3. The van der Waals surface area contributed by atoms with E-state index < -0.39 is 0 Å². The van der Waals surface area contributed by atoms with Crippen LogP contribution in [0.4, 0.5) is 0 Å². The van der Waals surface area contributed by atoms with Crippen LogP contribution in [0.5, 0.6) is 0 Å². The fourth-order valence-corrected chi connectivity index (χ4v) is 5.25. The highest BCUT2D eigenvalue weighted by atomic mass is 16.7. The Kier molecular flexibility index (Phi) is 21.8. The summed E-state index contributed by atoms with van der Waals surface area (Å²) in [6, 6.07) is 0.790. The van der Waals surface area contributed by atoms with Gasteiger partial charge in [0.15, 0.2) is 6.29 Å². The standard InChI is InChI=1S/C31H62N2O3/c1-5-7-9-11-12-15-20-28(19-14-10-8-6-2)27-32-30(34)21-16-13-17-25-33(29-23-24-29)26-18-22-31(35-3)36-4/h28-29,31H,5-27H2,1-4H3,(H,32,34). The number of carbonyl (C=O) groups is 1. The van der Waals surface area contributed by atoms with Crippen molar-refractivity contribution in [2.24, 2.45) is 5.92 Å². The molecule has 5 nitrogen and oxygen atoms in total. The van der Waals surface area contributed by atoms with Crippen molar-refractivity contribution >= 4 is 5.91 Å². The topological polar surface area (TPSA) is 50.8 Å². The first kappa shape index (κ1) is 33.4. The predicted octanol–water partition coefficient (Wildman–Crippen LogP) is 7.86. The van der Waals surface area contributed by atoms with E-state index >= 15 is 0 Å². The van der Waals surface area contributed by atoms with E-state index in [2.05, 4.69) is 24.1 Å². The molecule has 0 heterocycles. The minimum absolute atomic E-state index is 0.0775. The summed E-state index contributed by atoms with van der Waals surface area (Å²) in [4.78, 5) is 15.2. The first-order valence-electron chi connectivity index (χ1n) is 15.7. The van der Waals surface area contributed by atoms with E-state index in [0.717, 1.165) is 51.4 Å². The summed E-state index contributed by atoms with van der Waals surface area (Å²) in [6.07, 6.45) is 24.7. The first-order chi connectivity index (χ1) is 17.6. The molecule has 1 N–H and O–H groups in total. The summed E-state index contributed by atoms with van der Waals surface area (Å²) < 4.78 is 10.6. The average molecular weight is 511 g/mol. The Morgan fingerprint density at radius 1 is 0.750 bits per heavy atom. The molecule has 0 bridgehead atoms. The van der Waals surface area contributed by atoms with Crippen LogP contribution in [0, 0.1) is 5.92 Å². The quantitative estimate of drug-likeness (QED) is 0.0902. The second kappa shape index (κ2) is 23.5. The van der Waals surface area contributed by atoms with Gasteiger partial charge in [0.1, 0.15) is 0 Å². The summed E-state index contributed by atoms with van der Waals surface area (Å²) in [5, 5.41) is 3.29. The number of carbonyl (C=O) groups excluding carboxylic acids is 1. The number of nitrogens with zero attached hydrogens (tertiary/aromatic N) is 1. The van der Waals surface area contributed by atoms with E-state index in [1.165, 1.54) is 96.3 Å². The highest BCUT2D eigenvalue weighted by molar-refractivity contribution is 5.75. The van der Waals surface area contributed by atoms with Crippen molar-refractivity contribution in [3.63, 3.8) is 0 Å². The summed E-state index contributed by atoms with van der Waals surface area (Å²) in [5.74, 6) is 0.931. The fourth-order valence-electron chi connectivity index (χ4n) is 5.25. The third kappa shape index (κ3) is 18.6. The Morgan fingerprint density at radius 2 is 1.31 bits per heavy atom. The van der Waals surface area contributed by atoms with Crippen molar-refractivity contribution in [2.45, 2.75) is 155 Å². The molecule has 0 spiro atoms. The number of hydrogen-bond acceptors (Lipinski definition) is 4. The zero-order chi connectivity index (χ0) is 26.3. The molecule has 1 aliphatic carbocycles. The van der Waals surface area contributed by atoms with E-state index in [1.54, 1.807) is 14.2 Å². The Morgan fingerprint density at radius 3 is 1.92 bits per heavy atom. The number of ether oxygens (including phenoxy) is 2. The molecule has 36 heavy (non-hydrogen) atoms. The number of unbranched alkanes of at least 4 members (excludes halogenated alkanes) is 10. The molecule has 1 unspecified atom stereocenters. The lowest BCUT2D eigenvalue weighted by atomic mass is 9.94. The van der Waals surface area contributed by atoms with Crippen molar-refractivity contribution in [2.75, 3.05) is 33.9 Å². The smallest absolute Gasteiger partial charge is 0.220 e. The normalized spacial score (nSPS) is 14.6. The third-order valence-corrected chi connectivity index (χ3v) is 7.84. The third-order valence-electron chi connectivity index (χ3n) is 7.84. The zero-order valence-electron chi connectivity index (χ0n) is 24.7. The molecule has 0 saturated heterocycles. The van der Waals surface area contributed by atoms with Gasteiger partial charge < -0.3 is 19.7 Å². The second-order valence-electron chi connectivity index (χ2n) is 11.2. The number of methoxy groups -OCH3 is 2. The van der Waals surface area contributed by atoms with Gasteiger partial charge in [-0.1, -0.05) is 84.5 Å². The Bertz CT molecular complexity index is 494. The van der Waals surface area contributed by atoms with Gasteiger partial charge in [-0.3, -0.25) is 4.79 Å². The molecule has 1 atom stereocenters. The fraction of sp³-hybridized carbons (Fsp3) is 0.968. The average Bonchev–Trinajstić information content (AvgIpc) is 3.73. The molecule has 5 heteroatoms. The lowest BCUT2D eigenvalue weighted by Gasteiger charge is -2.23. The van der Waals surface area contributed by atoms with Crippen LogP contribution in [0.2, 0.25) is 0 Å².